The average Bonchev–Trinajstić information content (AvgIpc) is 2.30. The van der Waals surface area contributed by atoms with Gasteiger partial charge in [-0.3, -0.25) is 4.79 Å². The molecule has 0 spiro atoms. The number of benzene rings is 1. The zero-order chi connectivity index (χ0) is 12.7. The second-order valence-corrected chi connectivity index (χ2v) is 3.51. The third kappa shape index (κ3) is 4.42. The van der Waals surface area contributed by atoms with Gasteiger partial charge in [-0.15, -0.1) is 0 Å². The molecule has 5 heteroatoms. The molecule has 0 aliphatic heterocycles. The smallest absolute Gasteiger partial charge is 0.243 e. The Morgan fingerprint density at radius 2 is 2.29 bits per heavy atom. The molecular weight excluding hydrogens is 220 g/mol. The summed E-state index contributed by atoms with van der Waals surface area (Å²) in [6.45, 7) is 2.68. The molecule has 0 bridgehead atoms. The molecular formula is C12H18N2O3. The molecule has 1 unspecified atom stereocenters. The fourth-order valence-corrected chi connectivity index (χ4v) is 1.32. The maximum atomic E-state index is 11.6. The Morgan fingerprint density at radius 3 is 2.94 bits per heavy atom. The van der Waals surface area contributed by atoms with Crippen molar-refractivity contribution in [3.63, 3.8) is 0 Å². The number of methoxy groups -OCH3 is 1. The van der Waals surface area contributed by atoms with Crippen LogP contribution in [0.15, 0.2) is 24.3 Å². The van der Waals surface area contributed by atoms with Crippen LogP contribution in [0.4, 0.5) is 5.69 Å². The van der Waals surface area contributed by atoms with Gasteiger partial charge in [0.15, 0.2) is 0 Å². The third-order valence-corrected chi connectivity index (χ3v) is 2.10. The van der Waals surface area contributed by atoms with Gasteiger partial charge in [0.25, 0.3) is 0 Å². The highest BCUT2D eigenvalue weighted by molar-refractivity contribution is 5.94. The highest BCUT2D eigenvalue weighted by Gasteiger charge is 2.13. The summed E-state index contributed by atoms with van der Waals surface area (Å²) in [5.74, 6) is 0.436. The summed E-state index contributed by atoms with van der Waals surface area (Å²) >= 11 is 0. The summed E-state index contributed by atoms with van der Waals surface area (Å²) in [6.07, 6.45) is 0. The number of nitrogens with two attached hydrogens (primary N) is 1. The highest BCUT2D eigenvalue weighted by atomic mass is 16.5. The van der Waals surface area contributed by atoms with Crippen molar-refractivity contribution >= 4 is 11.6 Å². The number of anilines is 1. The minimum absolute atomic E-state index is 0.191. The molecule has 0 saturated carbocycles. The molecule has 1 aromatic carbocycles. The molecule has 17 heavy (non-hydrogen) atoms. The molecule has 0 aliphatic carbocycles. The summed E-state index contributed by atoms with van der Waals surface area (Å²) in [5.41, 5.74) is 6.26. The second kappa shape index (κ2) is 6.88. The highest BCUT2D eigenvalue weighted by Crippen LogP contribution is 2.17. The average molecular weight is 238 g/mol. The third-order valence-electron chi connectivity index (χ3n) is 2.10. The predicted octanol–water partition coefficient (Wildman–Crippen LogP) is 0.997. The Balaban J connectivity index is 2.61. The number of rotatable bonds is 6. The summed E-state index contributed by atoms with van der Waals surface area (Å²) < 4.78 is 10.1. The Bertz CT molecular complexity index is 369. The van der Waals surface area contributed by atoms with Gasteiger partial charge in [0.05, 0.1) is 13.2 Å². The van der Waals surface area contributed by atoms with Crippen molar-refractivity contribution < 1.29 is 14.3 Å². The van der Waals surface area contributed by atoms with Crippen LogP contribution in [0.1, 0.15) is 6.92 Å². The molecule has 0 saturated heterocycles. The lowest BCUT2D eigenvalue weighted by atomic mass is 10.2. The van der Waals surface area contributed by atoms with Gasteiger partial charge in [-0.2, -0.15) is 0 Å². The Labute approximate surface area is 101 Å². The van der Waals surface area contributed by atoms with E-state index in [1.807, 2.05) is 19.1 Å². The van der Waals surface area contributed by atoms with E-state index in [1.165, 1.54) is 7.11 Å². The summed E-state index contributed by atoms with van der Waals surface area (Å²) in [6, 6.07) is 6.49. The van der Waals surface area contributed by atoms with E-state index in [-0.39, 0.29) is 12.5 Å². The molecule has 1 aromatic rings. The van der Waals surface area contributed by atoms with Crippen LogP contribution in [0.2, 0.25) is 0 Å². The van der Waals surface area contributed by atoms with Crippen LogP contribution in [-0.4, -0.2) is 32.3 Å². The first-order chi connectivity index (χ1) is 8.17. The number of amides is 1. The van der Waals surface area contributed by atoms with Gasteiger partial charge in [-0.25, -0.2) is 0 Å². The lowest BCUT2D eigenvalue weighted by Gasteiger charge is -2.12. The van der Waals surface area contributed by atoms with Gasteiger partial charge in [-0.05, 0) is 19.1 Å². The van der Waals surface area contributed by atoms with Crippen molar-refractivity contribution in [1.29, 1.82) is 0 Å². The molecule has 0 aromatic heterocycles. The second-order valence-electron chi connectivity index (χ2n) is 3.51. The molecule has 94 valence electrons. The van der Waals surface area contributed by atoms with Crippen molar-refractivity contribution in [2.24, 2.45) is 5.73 Å². The van der Waals surface area contributed by atoms with E-state index in [1.54, 1.807) is 12.1 Å². The Kier molecular flexibility index (Phi) is 5.45. The number of hydrogen-bond donors (Lipinski definition) is 2. The predicted molar refractivity (Wildman–Crippen MR) is 66.1 cm³/mol. The van der Waals surface area contributed by atoms with E-state index in [9.17, 15) is 4.79 Å². The monoisotopic (exact) mass is 238 g/mol. The number of ether oxygens (including phenoxy) is 2. The van der Waals surface area contributed by atoms with Crippen molar-refractivity contribution in [3.05, 3.63) is 24.3 Å². The largest absolute Gasteiger partial charge is 0.494 e. The quantitative estimate of drug-likeness (QED) is 0.775. The van der Waals surface area contributed by atoms with Crippen LogP contribution >= 0.6 is 0 Å². The van der Waals surface area contributed by atoms with Crippen LogP contribution in [0.3, 0.4) is 0 Å². The first-order valence-corrected chi connectivity index (χ1v) is 5.45. The number of nitrogens with one attached hydrogen (secondary N) is 1. The van der Waals surface area contributed by atoms with Crippen LogP contribution in [-0.2, 0) is 9.53 Å². The lowest BCUT2D eigenvalue weighted by molar-refractivity contribution is -0.118. The number of carbonyl (C=O) groups is 1. The molecule has 1 atom stereocenters. The van der Waals surface area contributed by atoms with Gasteiger partial charge in [0, 0.05) is 18.9 Å². The Hall–Kier alpha value is -1.59. The van der Waals surface area contributed by atoms with Crippen molar-refractivity contribution in [2.75, 3.05) is 25.6 Å². The molecule has 0 heterocycles. The van der Waals surface area contributed by atoms with Crippen LogP contribution < -0.4 is 15.8 Å². The van der Waals surface area contributed by atoms with Crippen molar-refractivity contribution in [1.82, 2.24) is 0 Å². The van der Waals surface area contributed by atoms with E-state index >= 15 is 0 Å². The van der Waals surface area contributed by atoms with E-state index in [0.717, 1.165) is 0 Å². The number of carbonyl (C=O) groups excluding carboxylic acids is 1. The van der Waals surface area contributed by atoms with E-state index in [0.29, 0.717) is 18.0 Å². The number of hydrogen-bond acceptors (Lipinski definition) is 4. The fraction of sp³-hybridized carbons (Fsp3) is 0.417. The SMILES string of the molecule is CCOc1cccc(NC(=O)C(N)COC)c1. The molecule has 1 rings (SSSR count). The maximum absolute atomic E-state index is 11.6. The molecule has 1 amide bonds. The summed E-state index contributed by atoms with van der Waals surface area (Å²) in [7, 11) is 1.50. The molecule has 0 fully saturated rings. The van der Waals surface area contributed by atoms with E-state index < -0.39 is 6.04 Å². The van der Waals surface area contributed by atoms with Crippen LogP contribution in [0.25, 0.3) is 0 Å². The van der Waals surface area contributed by atoms with Gasteiger partial charge < -0.3 is 20.5 Å². The summed E-state index contributed by atoms with van der Waals surface area (Å²) in [5, 5.41) is 2.70. The first-order valence-electron chi connectivity index (χ1n) is 5.45. The van der Waals surface area contributed by atoms with Crippen molar-refractivity contribution in [2.45, 2.75) is 13.0 Å². The van der Waals surface area contributed by atoms with Crippen LogP contribution in [0, 0.1) is 0 Å². The zero-order valence-electron chi connectivity index (χ0n) is 10.1. The first kappa shape index (κ1) is 13.5. The van der Waals surface area contributed by atoms with Crippen LogP contribution in [0.5, 0.6) is 5.75 Å². The van der Waals surface area contributed by atoms with Gasteiger partial charge >= 0.3 is 0 Å². The standard InChI is InChI=1S/C12H18N2O3/c1-3-17-10-6-4-5-9(7-10)14-12(15)11(13)8-16-2/h4-7,11H,3,8,13H2,1-2H3,(H,14,15). The van der Waals surface area contributed by atoms with Gasteiger partial charge in [0.2, 0.25) is 5.91 Å². The molecule has 0 aliphatic rings. The molecule has 5 nitrogen and oxygen atoms in total. The zero-order valence-corrected chi connectivity index (χ0v) is 10.1. The molecule has 3 N–H and O–H groups in total. The fourth-order valence-electron chi connectivity index (χ4n) is 1.32. The van der Waals surface area contributed by atoms with Crippen molar-refractivity contribution in [3.8, 4) is 5.75 Å². The van der Waals surface area contributed by atoms with Gasteiger partial charge in [-0.1, -0.05) is 6.07 Å². The van der Waals surface area contributed by atoms with E-state index in [4.69, 9.17) is 15.2 Å². The maximum Gasteiger partial charge on any atom is 0.243 e. The Morgan fingerprint density at radius 1 is 1.53 bits per heavy atom. The normalized spacial score (nSPS) is 11.9. The minimum Gasteiger partial charge on any atom is -0.494 e. The lowest BCUT2D eigenvalue weighted by Crippen LogP contribution is -2.39. The topological polar surface area (TPSA) is 73.6 Å². The summed E-state index contributed by atoms with van der Waals surface area (Å²) in [4.78, 5) is 11.6. The van der Waals surface area contributed by atoms with E-state index in [2.05, 4.69) is 5.32 Å². The minimum atomic E-state index is -0.671. The molecule has 0 radical (unpaired) electrons. The van der Waals surface area contributed by atoms with Gasteiger partial charge in [0.1, 0.15) is 11.8 Å².